The Morgan fingerprint density at radius 1 is 1.14 bits per heavy atom. The first-order valence-corrected chi connectivity index (χ1v) is 11.2. The maximum atomic E-state index is 12.8. The third kappa shape index (κ3) is 4.73. The fourth-order valence-electron chi connectivity index (χ4n) is 2.71. The summed E-state index contributed by atoms with van der Waals surface area (Å²) in [7, 11) is -3.43. The monoisotopic (exact) mass is 416 g/mol. The Morgan fingerprint density at radius 2 is 1.86 bits per heavy atom. The van der Waals surface area contributed by atoms with E-state index in [4.69, 9.17) is 0 Å². The molecule has 2 aromatic heterocycles. The van der Waals surface area contributed by atoms with Gasteiger partial charge in [0.05, 0.1) is 29.4 Å². The highest BCUT2D eigenvalue weighted by molar-refractivity contribution is 7.92. The molecule has 2 N–H and O–H groups in total. The van der Waals surface area contributed by atoms with E-state index in [1.807, 2.05) is 18.2 Å². The predicted molar refractivity (Wildman–Crippen MR) is 111 cm³/mol. The van der Waals surface area contributed by atoms with Gasteiger partial charge in [0.1, 0.15) is 9.88 Å². The Kier molecular flexibility index (Phi) is 5.76. The Balaban J connectivity index is 1.82. The van der Waals surface area contributed by atoms with E-state index < -0.39 is 16.1 Å². The number of nitrogens with zero attached hydrogens (tertiary/aromatic N) is 2. The van der Waals surface area contributed by atoms with E-state index >= 15 is 0 Å². The number of para-hydroxylation sites is 1. The van der Waals surface area contributed by atoms with Gasteiger partial charge in [0.2, 0.25) is 10.0 Å². The quantitative estimate of drug-likeness (QED) is 0.641. The lowest BCUT2D eigenvalue weighted by molar-refractivity contribution is 0.0943. The second-order valence-corrected chi connectivity index (χ2v) is 9.05. The first kappa shape index (κ1) is 20.0. The summed E-state index contributed by atoms with van der Waals surface area (Å²) in [4.78, 5) is 22.0. The van der Waals surface area contributed by atoms with Gasteiger partial charge in [-0.2, -0.15) is 0 Å². The van der Waals surface area contributed by atoms with E-state index in [2.05, 4.69) is 20.0 Å². The molecule has 7 nitrogen and oxygen atoms in total. The number of anilines is 1. The molecule has 0 saturated carbocycles. The standard InChI is InChI=1S/C19H20N4O3S2/c1-12(14-8-4-5-9-15(14)23-28(3,25)26)21-18(24)17-13(2)22-19(27-17)16-10-6-7-11-20-16/h4-12,23H,1-3H3,(H,21,24). The van der Waals surface area contributed by atoms with Crippen molar-refractivity contribution in [3.05, 3.63) is 64.8 Å². The van der Waals surface area contributed by atoms with Crippen LogP contribution in [-0.4, -0.2) is 30.5 Å². The SMILES string of the molecule is Cc1nc(-c2ccccn2)sc1C(=O)NC(C)c1ccccc1NS(C)(=O)=O. The number of thiazole rings is 1. The van der Waals surface area contributed by atoms with Gasteiger partial charge in [-0.25, -0.2) is 13.4 Å². The molecular formula is C19H20N4O3S2. The second kappa shape index (κ2) is 8.07. The van der Waals surface area contributed by atoms with Crippen molar-refractivity contribution < 1.29 is 13.2 Å². The van der Waals surface area contributed by atoms with Gasteiger partial charge in [0, 0.05) is 6.20 Å². The predicted octanol–water partition coefficient (Wildman–Crippen LogP) is 3.38. The van der Waals surface area contributed by atoms with E-state index in [-0.39, 0.29) is 5.91 Å². The number of hydrogen-bond donors (Lipinski definition) is 2. The molecule has 1 amide bonds. The normalized spacial score (nSPS) is 12.4. The van der Waals surface area contributed by atoms with Crippen LogP contribution >= 0.6 is 11.3 Å². The van der Waals surface area contributed by atoms with E-state index in [1.54, 1.807) is 44.3 Å². The molecule has 0 bridgehead atoms. The molecule has 0 fully saturated rings. The average molecular weight is 417 g/mol. The van der Waals surface area contributed by atoms with Crippen molar-refractivity contribution in [3.63, 3.8) is 0 Å². The summed E-state index contributed by atoms with van der Waals surface area (Å²) in [6, 6.07) is 12.1. The molecule has 2 heterocycles. The van der Waals surface area contributed by atoms with Gasteiger partial charge >= 0.3 is 0 Å². The third-order valence-electron chi connectivity index (χ3n) is 3.96. The van der Waals surface area contributed by atoms with Crippen LogP contribution in [0.15, 0.2) is 48.7 Å². The van der Waals surface area contributed by atoms with Crippen LogP contribution in [-0.2, 0) is 10.0 Å². The number of carbonyl (C=O) groups is 1. The van der Waals surface area contributed by atoms with Gasteiger partial charge in [-0.15, -0.1) is 11.3 Å². The lowest BCUT2D eigenvalue weighted by Crippen LogP contribution is -2.27. The second-order valence-electron chi connectivity index (χ2n) is 6.31. The fourth-order valence-corrected chi connectivity index (χ4v) is 4.24. The topological polar surface area (TPSA) is 101 Å². The zero-order valence-electron chi connectivity index (χ0n) is 15.6. The summed E-state index contributed by atoms with van der Waals surface area (Å²) in [5.41, 5.74) is 2.45. The number of rotatable bonds is 6. The van der Waals surface area contributed by atoms with Crippen LogP contribution in [0, 0.1) is 6.92 Å². The molecule has 3 aromatic rings. The minimum atomic E-state index is -3.43. The summed E-state index contributed by atoms with van der Waals surface area (Å²) >= 11 is 1.27. The molecule has 146 valence electrons. The largest absolute Gasteiger partial charge is 0.345 e. The fraction of sp³-hybridized carbons (Fsp3) is 0.211. The van der Waals surface area contributed by atoms with Gasteiger partial charge in [0.15, 0.2) is 0 Å². The van der Waals surface area contributed by atoms with Crippen molar-refractivity contribution in [1.82, 2.24) is 15.3 Å². The van der Waals surface area contributed by atoms with E-state index in [1.165, 1.54) is 11.3 Å². The first-order chi connectivity index (χ1) is 13.2. The number of nitrogens with one attached hydrogen (secondary N) is 2. The van der Waals surface area contributed by atoms with Crippen LogP contribution in [0.2, 0.25) is 0 Å². The van der Waals surface area contributed by atoms with Crippen LogP contribution in [0.1, 0.15) is 33.9 Å². The minimum Gasteiger partial charge on any atom is -0.345 e. The minimum absolute atomic E-state index is 0.265. The Labute approximate surface area is 167 Å². The zero-order valence-corrected chi connectivity index (χ0v) is 17.3. The highest BCUT2D eigenvalue weighted by Gasteiger charge is 2.20. The number of aryl methyl sites for hydroxylation is 1. The average Bonchev–Trinajstić information content (AvgIpc) is 3.03. The highest BCUT2D eigenvalue weighted by Crippen LogP contribution is 2.28. The lowest BCUT2D eigenvalue weighted by Gasteiger charge is -2.18. The number of aromatic nitrogens is 2. The Hall–Kier alpha value is -2.78. The molecule has 0 aliphatic rings. The Morgan fingerprint density at radius 3 is 2.54 bits per heavy atom. The summed E-state index contributed by atoms with van der Waals surface area (Å²) < 4.78 is 25.7. The zero-order chi connectivity index (χ0) is 20.3. The van der Waals surface area contributed by atoms with Gasteiger partial charge in [0.25, 0.3) is 5.91 Å². The lowest BCUT2D eigenvalue weighted by atomic mass is 10.1. The molecule has 1 unspecified atom stereocenters. The maximum absolute atomic E-state index is 12.8. The number of pyridine rings is 1. The molecule has 1 aromatic carbocycles. The first-order valence-electron chi connectivity index (χ1n) is 8.51. The van der Waals surface area contributed by atoms with Crippen molar-refractivity contribution in [2.75, 3.05) is 11.0 Å². The van der Waals surface area contributed by atoms with E-state index in [0.717, 1.165) is 6.26 Å². The van der Waals surface area contributed by atoms with Gasteiger partial charge in [-0.1, -0.05) is 24.3 Å². The molecular weight excluding hydrogens is 396 g/mol. The summed E-state index contributed by atoms with van der Waals surface area (Å²) in [5.74, 6) is -0.265. The molecule has 3 rings (SSSR count). The molecule has 9 heteroatoms. The molecule has 0 aliphatic carbocycles. The van der Waals surface area contributed by atoms with Crippen molar-refractivity contribution in [2.24, 2.45) is 0 Å². The number of sulfonamides is 1. The van der Waals surface area contributed by atoms with Gasteiger partial charge in [-0.05, 0) is 37.6 Å². The molecule has 28 heavy (non-hydrogen) atoms. The smallest absolute Gasteiger partial charge is 0.263 e. The molecule has 0 spiro atoms. The van der Waals surface area contributed by atoms with Crippen LogP contribution in [0.5, 0.6) is 0 Å². The van der Waals surface area contributed by atoms with E-state index in [0.29, 0.717) is 32.5 Å². The van der Waals surface area contributed by atoms with Crippen LogP contribution in [0.3, 0.4) is 0 Å². The summed E-state index contributed by atoms with van der Waals surface area (Å²) in [6.45, 7) is 3.58. The van der Waals surface area contributed by atoms with Crippen molar-refractivity contribution in [1.29, 1.82) is 0 Å². The van der Waals surface area contributed by atoms with Crippen LogP contribution < -0.4 is 10.0 Å². The van der Waals surface area contributed by atoms with Crippen molar-refractivity contribution >= 4 is 33.0 Å². The van der Waals surface area contributed by atoms with Crippen molar-refractivity contribution in [2.45, 2.75) is 19.9 Å². The molecule has 0 saturated heterocycles. The summed E-state index contributed by atoms with van der Waals surface area (Å²) in [6.07, 6.45) is 2.77. The molecule has 1 atom stereocenters. The maximum Gasteiger partial charge on any atom is 0.263 e. The van der Waals surface area contributed by atoms with Crippen LogP contribution in [0.4, 0.5) is 5.69 Å². The Bertz CT molecular complexity index is 1100. The summed E-state index contributed by atoms with van der Waals surface area (Å²) in [5, 5.41) is 3.60. The molecule has 0 aliphatic heterocycles. The number of benzene rings is 1. The number of amides is 1. The number of hydrogen-bond acceptors (Lipinski definition) is 6. The molecule has 0 radical (unpaired) electrons. The van der Waals surface area contributed by atoms with Gasteiger partial charge in [-0.3, -0.25) is 14.5 Å². The van der Waals surface area contributed by atoms with Gasteiger partial charge < -0.3 is 5.32 Å². The van der Waals surface area contributed by atoms with Crippen LogP contribution in [0.25, 0.3) is 10.7 Å². The van der Waals surface area contributed by atoms with E-state index in [9.17, 15) is 13.2 Å². The highest BCUT2D eigenvalue weighted by atomic mass is 32.2. The number of carbonyl (C=O) groups excluding carboxylic acids is 1. The third-order valence-corrected chi connectivity index (χ3v) is 5.73. The van der Waals surface area contributed by atoms with Crippen molar-refractivity contribution in [3.8, 4) is 10.7 Å².